The van der Waals surface area contributed by atoms with Gasteiger partial charge >= 0.3 is 29.6 Å². The number of amides is 1. The van der Waals surface area contributed by atoms with E-state index in [0.29, 0.717) is 12.2 Å². The third kappa shape index (κ3) is 5.67. The van der Waals surface area contributed by atoms with Crippen molar-refractivity contribution in [3.63, 3.8) is 0 Å². The first-order chi connectivity index (χ1) is 15.7. The number of rotatable bonds is 11. The molecule has 1 fully saturated rings. The molecule has 1 saturated heterocycles. The monoisotopic (exact) mass is 605 g/mol. The van der Waals surface area contributed by atoms with Gasteiger partial charge < -0.3 is 24.0 Å². The molecule has 1 amide bonds. The Bertz CT molecular complexity index is 956. The fourth-order valence-corrected chi connectivity index (χ4v) is 8.61. The van der Waals surface area contributed by atoms with Crippen LogP contribution >= 0.6 is 22.6 Å². The van der Waals surface area contributed by atoms with Gasteiger partial charge in [-0.15, -0.1) is 0 Å². The molecule has 0 unspecified atom stereocenters. The van der Waals surface area contributed by atoms with Crippen molar-refractivity contribution in [2.24, 2.45) is 11.8 Å². The van der Waals surface area contributed by atoms with Crippen molar-refractivity contribution in [2.75, 3.05) is 6.61 Å². The van der Waals surface area contributed by atoms with Crippen molar-refractivity contribution >= 4 is 42.8 Å². The summed E-state index contributed by atoms with van der Waals surface area (Å²) in [4.78, 5) is 26.5. The summed E-state index contributed by atoms with van der Waals surface area (Å²) in [5.41, 5.74) is 0.593. The van der Waals surface area contributed by atoms with Gasteiger partial charge in [-0.2, -0.15) is 0 Å². The van der Waals surface area contributed by atoms with Gasteiger partial charge in [-0.25, -0.2) is 0 Å². The van der Waals surface area contributed by atoms with Crippen LogP contribution in [0.3, 0.4) is 0 Å². The predicted octanol–water partition coefficient (Wildman–Crippen LogP) is 1.12. The molecule has 9 heteroatoms. The fourth-order valence-electron chi connectivity index (χ4n) is 5.13. The minimum atomic E-state index is -1.88. The molecule has 2 heterocycles. The minimum Gasteiger partial charge on any atom is -0.543 e. The van der Waals surface area contributed by atoms with E-state index in [9.17, 15) is 14.7 Å². The van der Waals surface area contributed by atoms with Crippen LogP contribution in [0.5, 0.6) is 5.75 Å². The van der Waals surface area contributed by atoms with E-state index < -0.39 is 14.3 Å². The smallest absolute Gasteiger partial charge is 0.543 e. The third-order valence-corrected chi connectivity index (χ3v) is 12.9. The number of carboxylic acids is 1. The minimum absolute atomic E-state index is 0. The first-order valence-corrected chi connectivity index (χ1v) is 15.3. The number of hydrogen-bond acceptors (Lipinski definition) is 5. The van der Waals surface area contributed by atoms with Gasteiger partial charge in [0.05, 0.1) is 33.3 Å². The summed E-state index contributed by atoms with van der Waals surface area (Å²) in [5, 5.41) is 12.0. The second-order valence-corrected chi connectivity index (χ2v) is 14.7. The Morgan fingerprint density at radius 1 is 1.24 bits per heavy atom. The molecule has 6 nitrogen and oxygen atoms in total. The van der Waals surface area contributed by atoms with Gasteiger partial charge in [0.1, 0.15) is 12.4 Å². The summed E-state index contributed by atoms with van der Waals surface area (Å²) in [5.74, 6) is -1.18. The van der Waals surface area contributed by atoms with Crippen LogP contribution in [-0.4, -0.2) is 43.8 Å². The standard InChI is InChI=1S/C25H34INO5Si.Na/c1-6-33(7-2,8-3)32-17(5)21-22-16(4)18(23(25(29)30)27(22)24(21)28)12-11-15-31-20-14-10-9-13-19(20)26;/h9-14,16-17,21-22H,6-8,15H2,1-5H3,(H,29,30);/q;+1/p-1/b12-11+;/t16-,17+,21+,22+;/m0./s1. The Balaban J connectivity index is 0.00000408. The molecule has 4 atom stereocenters. The number of β-lactam (4-membered cyclic amide) rings is 1. The number of ether oxygens (including phenoxy) is 1. The summed E-state index contributed by atoms with van der Waals surface area (Å²) in [6, 6.07) is 10.5. The summed E-state index contributed by atoms with van der Waals surface area (Å²) >= 11 is 2.21. The molecule has 1 aromatic carbocycles. The average molecular weight is 606 g/mol. The van der Waals surface area contributed by atoms with Crippen LogP contribution in [0.15, 0.2) is 47.7 Å². The first kappa shape index (κ1) is 29.6. The van der Waals surface area contributed by atoms with Crippen molar-refractivity contribution < 1.29 is 53.4 Å². The van der Waals surface area contributed by atoms with E-state index in [-0.39, 0.29) is 65.1 Å². The quantitative estimate of drug-likeness (QED) is 0.215. The maximum Gasteiger partial charge on any atom is 1.00 e. The molecular formula is C25H33INNaO5Si. The molecule has 34 heavy (non-hydrogen) atoms. The maximum atomic E-state index is 13.1. The summed E-state index contributed by atoms with van der Waals surface area (Å²) in [6.45, 7) is 10.7. The van der Waals surface area contributed by atoms with E-state index >= 15 is 0 Å². The molecule has 180 valence electrons. The molecule has 0 aliphatic carbocycles. The number of fused-ring (bicyclic) bond motifs is 1. The number of para-hydroxylation sites is 1. The van der Waals surface area contributed by atoms with E-state index in [1.54, 1.807) is 12.2 Å². The summed E-state index contributed by atoms with van der Waals surface area (Å²) in [6.07, 6.45) is 3.33. The zero-order valence-corrected chi connectivity index (χ0v) is 26.1. The van der Waals surface area contributed by atoms with E-state index in [4.69, 9.17) is 9.16 Å². The Morgan fingerprint density at radius 2 is 1.85 bits per heavy atom. The molecule has 0 radical (unpaired) electrons. The van der Waals surface area contributed by atoms with Crippen LogP contribution in [0.25, 0.3) is 0 Å². The molecule has 3 rings (SSSR count). The SMILES string of the molecule is CC[Si](CC)(CC)O[C@H](C)[C@H]1C(=O)N2C(C(=O)[O-])=C(/C=C/COc3ccccc3I)[C@H](C)[C@H]12.[Na+]. The fraction of sp³-hybridized carbons (Fsp3) is 0.520. The normalized spacial score (nSPS) is 22.9. The first-order valence-electron chi connectivity index (χ1n) is 11.7. The zero-order valence-electron chi connectivity index (χ0n) is 21.0. The topological polar surface area (TPSA) is 78.9 Å². The van der Waals surface area contributed by atoms with Gasteiger partial charge in [0.15, 0.2) is 8.32 Å². The van der Waals surface area contributed by atoms with Crippen LogP contribution in [0.1, 0.15) is 34.6 Å². The number of nitrogens with zero attached hydrogens (tertiary/aromatic N) is 1. The molecule has 0 spiro atoms. The van der Waals surface area contributed by atoms with Crippen LogP contribution in [0.2, 0.25) is 18.1 Å². The molecular weight excluding hydrogens is 572 g/mol. The van der Waals surface area contributed by atoms with Crippen LogP contribution in [-0.2, 0) is 14.0 Å². The number of allylic oxidation sites excluding steroid dienone is 1. The Hall–Kier alpha value is -0.653. The number of carboxylic acid groups (broad SMARTS) is 1. The number of aliphatic carboxylic acids is 1. The largest absolute Gasteiger partial charge is 1.00 e. The van der Waals surface area contributed by atoms with Gasteiger partial charge in [0, 0.05) is 5.92 Å². The van der Waals surface area contributed by atoms with Crippen LogP contribution in [0.4, 0.5) is 0 Å². The van der Waals surface area contributed by atoms with Crippen LogP contribution in [0, 0.1) is 15.4 Å². The van der Waals surface area contributed by atoms with Crippen molar-refractivity contribution in [1.29, 1.82) is 0 Å². The van der Waals surface area contributed by atoms with Crippen molar-refractivity contribution in [3.05, 3.63) is 51.3 Å². The molecule has 1 aromatic rings. The van der Waals surface area contributed by atoms with E-state index in [0.717, 1.165) is 27.5 Å². The second-order valence-electron chi connectivity index (χ2n) is 8.82. The maximum absolute atomic E-state index is 13.1. The van der Waals surface area contributed by atoms with E-state index in [1.165, 1.54) is 4.90 Å². The van der Waals surface area contributed by atoms with Crippen molar-refractivity contribution in [1.82, 2.24) is 4.90 Å². The Morgan fingerprint density at radius 3 is 2.41 bits per heavy atom. The molecule has 0 aromatic heterocycles. The third-order valence-electron chi connectivity index (χ3n) is 7.24. The van der Waals surface area contributed by atoms with Gasteiger partial charge in [-0.3, -0.25) is 4.79 Å². The molecule has 0 bridgehead atoms. The van der Waals surface area contributed by atoms with Crippen LogP contribution < -0.4 is 39.4 Å². The zero-order chi connectivity index (χ0) is 24.3. The second kappa shape index (κ2) is 12.5. The Kier molecular flexibility index (Phi) is 10.9. The van der Waals surface area contributed by atoms with Gasteiger partial charge in [0.2, 0.25) is 5.91 Å². The molecule has 0 N–H and O–H groups in total. The number of benzene rings is 1. The number of halogens is 1. The van der Waals surface area contributed by atoms with Gasteiger partial charge in [-0.05, 0) is 71.4 Å². The number of carbonyl (C=O) groups is 2. The molecule has 0 saturated carbocycles. The van der Waals surface area contributed by atoms with E-state index in [1.807, 2.05) is 38.1 Å². The summed E-state index contributed by atoms with van der Waals surface area (Å²) in [7, 11) is -1.88. The Labute approximate surface area is 239 Å². The number of hydrogen-bond donors (Lipinski definition) is 0. The van der Waals surface area contributed by atoms with Gasteiger partial charge in [-0.1, -0.05) is 45.9 Å². The van der Waals surface area contributed by atoms with Crippen molar-refractivity contribution in [3.8, 4) is 5.75 Å². The van der Waals surface area contributed by atoms with Crippen molar-refractivity contribution in [2.45, 2.75) is 64.9 Å². The molecule has 2 aliphatic heterocycles. The molecule has 2 aliphatic rings. The predicted molar refractivity (Wildman–Crippen MR) is 137 cm³/mol. The van der Waals surface area contributed by atoms with Gasteiger partial charge in [0.25, 0.3) is 0 Å². The number of carbonyl (C=O) groups excluding carboxylic acids is 2. The average Bonchev–Trinajstić information content (AvgIpc) is 3.04. The van der Waals surface area contributed by atoms with E-state index in [2.05, 4.69) is 43.4 Å². The summed E-state index contributed by atoms with van der Waals surface area (Å²) < 4.78 is 13.4.